The van der Waals surface area contributed by atoms with E-state index in [4.69, 9.17) is 0 Å². The van der Waals surface area contributed by atoms with Crippen molar-refractivity contribution in [2.75, 3.05) is 5.32 Å². The molecule has 0 aliphatic heterocycles. The van der Waals surface area contributed by atoms with Gasteiger partial charge in [-0.15, -0.1) is 0 Å². The number of hydrogen-bond donors (Lipinski definition) is 2. The van der Waals surface area contributed by atoms with Crippen LogP contribution in [0.3, 0.4) is 0 Å². The standard InChI is InChI=1S/C12H10F2N4O3/c1-2-6-5-15-17-11(6)16-12(19)7-3-8(13)9(14)4-10(7)18(20)21/h3-5H,2H2,1H3,(H2,15,16,17,19). The minimum atomic E-state index is -1.39. The molecule has 2 N–H and O–H groups in total. The van der Waals surface area contributed by atoms with E-state index in [2.05, 4.69) is 15.5 Å². The number of carbonyl (C=O) groups is 1. The molecule has 0 radical (unpaired) electrons. The molecule has 0 aliphatic rings. The third-order valence-electron chi connectivity index (χ3n) is 2.82. The lowest BCUT2D eigenvalue weighted by Gasteiger charge is -2.06. The van der Waals surface area contributed by atoms with Crippen LogP contribution < -0.4 is 5.32 Å². The van der Waals surface area contributed by atoms with Crippen LogP contribution in [-0.2, 0) is 6.42 Å². The van der Waals surface area contributed by atoms with E-state index in [1.807, 2.05) is 6.92 Å². The molecule has 0 bridgehead atoms. The summed E-state index contributed by atoms with van der Waals surface area (Å²) in [6, 6.07) is 0.864. The zero-order valence-corrected chi connectivity index (χ0v) is 10.8. The third kappa shape index (κ3) is 2.86. The van der Waals surface area contributed by atoms with Gasteiger partial charge >= 0.3 is 0 Å². The lowest BCUT2D eigenvalue weighted by molar-refractivity contribution is -0.385. The Morgan fingerprint density at radius 1 is 1.43 bits per heavy atom. The molecule has 0 atom stereocenters. The number of nitro benzene ring substituents is 1. The zero-order valence-electron chi connectivity index (χ0n) is 10.8. The van der Waals surface area contributed by atoms with Crippen LogP contribution in [0.1, 0.15) is 22.8 Å². The van der Waals surface area contributed by atoms with Crippen LogP contribution in [0.2, 0.25) is 0 Å². The molecule has 0 fully saturated rings. The number of hydrogen-bond acceptors (Lipinski definition) is 4. The van der Waals surface area contributed by atoms with Crippen LogP contribution in [0.5, 0.6) is 0 Å². The van der Waals surface area contributed by atoms with E-state index in [-0.39, 0.29) is 5.82 Å². The number of nitrogens with one attached hydrogen (secondary N) is 2. The topological polar surface area (TPSA) is 101 Å². The van der Waals surface area contributed by atoms with E-state index in [0.717, 1.165) is 0 Å². The molecule has 0 saturated heterocycles. The van der Waals surface area contributed by atoms with Crippen LogP contribution >= 0.6 is 0 Å². The molecular formula is C12H10F2N4O3. The molecule has 0 spiro atoms. The molecule has 2 aromatic rings. The number of H-pyrrole nitrogens is 1. The molecule has 110 valence electrons. The Morgan fingerprint density at radius 3 is 2.71 bits per heavy atom. The highest BCUT2D eigenvalue weighted by atomic mass is 19.2. The van der Waals surface area contributed by atoms with E-state index in [1.54, 1.807) is 0 Å². The van der Waals surface area contributed by atoms with E-state index in [0.29, 0.717) is 24.1 Å². The van der Waals surface area contributed by atoms with E-state index in [9.17, 15) is 23.7 Å². The van der Waals surface area contributed by atoms with Crippen LogP contribution in [0.4, 0.5) is 20.3 Å². The minimum absolute atomic E-state index is 0.251. The Kier molecular flexibility index (Phi) is 3.92. The van der Waals surface area contributed by atoms with Gasteiger partial charge in [-0.25, -0.2) is 8.78 Å². The number of halogens is 2. The Balaban J connectivity index is 2.39. The number of aromatic nitrogens is 2. The Hall–Kier alpha value is -2.84. The summed E-state index contributed by atoms with van der Waals surface area (Å²) in [5.41, 5.74) is -0.715. The molecule has 1 aromatic heterocycles. The lowest BCUT2D eigenvalue weighted by Crippen LogP contribution is -2.16. The summed E-state index contributed by atoms with van der Waals surface area (Å²) in [5, 5.41) is 19.4. The number of anilines is 1. The maximum Gasteiger partial charge on any atom is 0.285 e. The first kappa shape index (κ1) is 14.6. The monoisotopic (exact) mass is 296 g/mol. The van der Waals surface area contributed by atoms with Crippen molar-refractivity contribution in [3.8, 4) is 0 Å². The summed E-state index contributed by atoms with van der Waals surface area (Å²) in [5.74, 6) is -3.42. The van der Waals surface area contributed by atoms with Gasteiger partial charge in [-0.3, -0.25) is 20.0 Å². The number of nitro groups is 1. The highest BCUT2D eigenvalue weighted by molar-refractivity contribution is 6.06. The second kappa shape index (κ2) is 5.65. The molecule has 1 amide bonds. The predicted octanol–water partition coefficient (Wildman–Crippen LogP) is 2.41. The zero-order chi connectivity index (χ0) is 15.6. The summed E-state index contributed by atoms with van der Waals surface area (Å²) in [6.45, 7) is 1.82. The van der Waals surface area contributed by atoms with Gasteiger partial charge in [0.05, 0.1) is 17.2 Å². The fourth-order valence-corrected chi connectivity index (χ4v) is 1.74. The Labute approximate surface area is 117 Å². The third-order valence-corrected chi connectivity index (χ3v) is 2.82. The number of amides is 1. The molecule has 0 saturated carbocycles. The van der Waals surface area contributed by atoms with E-state index < -0.39 is 33.7 Å². The average molecular weight is 296 g/mol. The minimum Gasteiger partial charge on any atom is -0.306 e. The quantitative estimate of drug-likeness (QED) is 0.668. The summed E-state index contributed by atoms with van der Waals surface area (Å²) in [6.07, 6.45) is 2.04. The van der Waals surface area contributed by atoms with Crippen molar-refractivity contribution in [2.24, 2.45) is 0 Å². The highest BCUT2D eigenvalue weighted by Gasteiger charge is 2.24. The smallest absolute Gasteiger partial charge is 0.285 e. The fraction of sp³-hybridized carbons (Fsp3) is 0.167. The summed E-state index contributed by atoms with van der Waals surface area (Å²) >= 11 is 0. The maximum absolute atomic E-state index is 13.2. The van der Waals surface area contributed by atoms with Gasteiger partial charge in [0.25, 0.3) is 11.6 Å². The summed E-state index contributed by atoms with van der Waals surface area (Å²) in [7, 11) is 0. The highest BCUT2D eigenvalue weighted by Crippen LogP contribution is 2.23. The average Bonchev–Trinajstić information content (AvgIpc) is 2.88. The second-order valence-corrected chi connectivity index (χ2v) is 4.12. The molecule has 1 heterocycles. The van der Waals surface area contributed by atoms with Crippen LogP contribution in [-0.4, -0.2) is 21.0 Å². The Bertz CT molecular complexity index is 715. The molecular weight excluding hydrogens is 286 g/mol. The van der Waals surface area contributed by atoms with Gasteiger partial charge in [-0.1, -0.05) is 6.92 Å². The fourth-order valence-electron chi connectivity index (χ4n) is 1.74. The molecule has 2 rings (SSSR count). The lowest BCUT2D eigenvalue weighted by atomic mass is 10.1. The number of carbonyl (C=O) groups excluding carboxylic acids is 1. The number of benzene rings is 1. The van der Waals surface area contributed by atoms with Gasteiger partial charge in [0.1, 0.15) is 11.4 Å². The second-order valence-electron chi connectivity index (χ2n) is 4.12. The molecule has 9 heteroatoms. The van der Waals surface area contributed by atoms with Gasteiger partial charge in [0.2, 0.25) is 0 Å². The molecule has 7 nitrogen and oxygen atoms in total. The van der Waals surface area contributed by atoms with Crippen LogP contribution in [0, 0.1) is 21.7 Å². The normalized spacial score (nSPS) is 10.4. The SMILES string of the molecule is CCc1cn[nH]c1NC(=O)c1cc(F)c(F)cc1[N+](=O)[O-]. The van der Waals surface area contributed by atoms with Crippen molar-refractivity contribution in [3.05, 3.63) is 51.2 Å². The van der Waals surface area contributed by atoms with E-state index >= 15 is 0 Å². The van der Waals surface area contributed by atoms with Gasteiger partial charge in [-0.2, -0.15) is 5.10 Å². The first-order valence-electron chi connectivity index (χ1n) is 5.91. The first-order valence-corrected chi connectivity index (χ1v) is 5.91. The largest absolute Gasteiger partial charge is 0.306 e. The number of nitrogens with zero attached hydrogens (tertiary/aromatic N) is 2. The Morgan fingerprint density at radius 2 is 2.10 bits per heavy atom. The first-order chi connectivity index (χ1) is 9.93. The predicted molar refractivity (Wildman–Crippen MR) is 68.9 cm³/mol. The molecule has 0 aliphatic carbocycles. The van der Waals surface area contributed by atoms with Gasteiger partial charge < -0.3 is 5.32 Å². The van der Waals surface area contributed by atoms with Crippen molar-refractivity contribution >= 4 is 17.4 Å². The van der Waals surface area contributed by atoms with Crippen molar-refractivity contribution < 1.29 is 18.5 Å². The van der Waals surface area contributed by atoms with Crippen molar-refractivity contribution in [1.29, 1.82) is 0 Å². The molecule has 21 heavy (non-hydrogen) atoms. The molecule has 1 aromatic carbocycles. The number of aryl methyl sites for hydroxylation is 1. The van der Waals surface area contributed by atoms with Gasteiger partial charge in [0, 0.05) is 5.56 Å². The molecule has 0 unspecified atom stereocenters. The van der Waals surface area contributed by atoms with Crippen LogP contribution in [0.15, 0.2) is 18.3 Å². The maximum atomic E-state index is 13.2. The van der Waals surface area contributed by atoms with Crippen molar-refractivity contribution in [3.63, 3.8) is 0 Å². The number of rotatable bonds is 4. The van der Waals surface area contributed by atoms with Gasteiger partial charge in [0.15, 0.2) is 11.6 Å². The van der Waals surface area contributed by atoms with Gasteiger partial charge in [-0.05, 0) is 12.5 Å². The number of aromatic amines is 1. The summed E-state index contributed by atoms with van der Waals surface area (Å²) in [4.78, 5) is 21.9. The van der Waals surface area contributed by atoms with Crippen molar-refractivity contribution in [1.82, 2.24) is 10.2 Å². The van der Waals surface area contributed by atoms with Crippen LogP contribution in [0.25, 0.3) is 0 Å². The van der Waals surface area contributed by atoms with E-state index in [1.165, 1.54) is 6.20 Å². The van der Waals surface area contributed by atoms with Crippen molar-refractivity contribution in [2.45, 2.75) is 13.3 Å². The summed E-state index contributed by atoms with van der Waals surface area (Å²) < 4.78 is 26.3.